The van der Waals surface area contributed by atoms with Crippen molar-refractivity contribution in [1.82, 2.24) is 9.88 Å². The van der Waals surface area contributed by atoms with Crippen molar-refractivity contribution in [2.75, 3.05) is 13.1 Å². The van der Waals surface area contributed by atoms with Crippen LogP contribution in [0.25, 0.3) is 10.8 Å². The van der Waals surface area contributed by atoms with Crippen LogP contribution in [0.2, 0.25) is 0 Å². The summed E-state index contributed by atoms with van der Waals surface area (Å²) in [6, 6.07) is 3.53. The monoisotopic (exact) mass is 294 g/mol. The highest BCUT2D eigenvalue weighted by molar-refractivity contribution is 7.16. The minimum absolute atomic E-state index is 0.0660. The van der Waals surface area contributed by atoms with Gasteiger partial charge in [0.05, 0.1) is 18.9 Å². The average molecular weight is 294 g/mol. The molecule has 0 bridgehead atoms. The minimum Gasteiger partial charge on any atom is -0.481 e. The Labute approximate surface area is 119 Å². The Hall–Kier alpha value is -2.15. The molecule has 2 heterocycles. The Morgan fingerprint density at radius 3 is 2.90 bits per heavy atom. The van der Waals surface area contributed by atoms with Crippen molar-refractivity contribution < 1.29 is 19.1 Å². The molecule has 6 nitrogen and oxygen atoms in total. The molecule has 0 aromatic carbocycles. The number of carboxylic acids is 1. The molecule has 0 atom stereocenters. The van der Waals surface area contributed by atoms with E-state index >= 15 is 0 Å². The molecule has 7 heteroatoms. The van der Waals surface area contributed by atoms with Gasteiger partial charge in [0.1, 0.15) is 4.88 Å². The van der Waals surface area contributed by atoms with Crippen molar-refractivity contribution in [2.24, 2.45) is 0 Å². The Morgan fingerprint density at radius 1 is 1.50 bits per heavy atom. The maximum atomic E-state index is 12.2. The summed E-state index contributed by atoms with van der Waals surface area (Å²) in [4.78, 5) is 28.9. The van der Waals surface area contributed by atoms with E-state index in [0.29, 0.717) is 22.2 Å². The Morgan fingerprint density at radius 2 is 2.30 bits per heavy atom. The lowest BCUT2D eigenvalue weighted by molar-refractivity contribution is -0.137. The van der Waals surface area contributed by atoms with Crippen LogP contribution in [0.15, 0.2) is 29.0 Å². The first kappa shape index (κ1) is 14.3. The number of thiazole rings is 1. The van der Waals surface area contributed by atoms with Crippen molar-refractivity contribution in [3.8, 4) is 10.8 Å². The maximum Gasteiger partial charge on any atom is 0.305 e. The van der Waals surface area contributed by atoms with Crippen LogP contribution < -0.4 is 0 Å². The van der Waals surface area contributed by atoms with Gasteiger partial charge in [0.25, 0.3) is 5.91 Å². The number of nitrogens with zero attached hydrogens (tertiary/aromatic N) is 2. The Bertz CT molecular complexity index is 591. The molecule has 0 radical (unpaired) electrons. The minimum atomic E-state index is -0.920. The Kier molecular flexibility index (Phi) is 4.52. The molecule has 0 spiro atoms. The zero-order valence-electron chi connectivity index (χ0n) is 10.9. The van der Waals surface area contributed by atoms with Crippen LogP contribution in [-0.2, 0) is 4.79 Å². The number of aromatic nitrogens is 1. The van der Waals surface area contributed by atoms with E-state index in [1.165, 1.54) is 22.4 Å². The summed E-state index contributed by atoms with van der Waals surface area (Å²) in [6.07, 6.45) is 2.97. The molecule has 2 aromatic heterocycles. The number of furan rings is 1. The van der Waals surface area contributed by atoms with Crippen molar-refractivity contribution in [1.29, 1.82) is 0 Å². The van der Waals surface area contributed by atoms with Crippen LogP contribution >= 0.6 is 11.3 Å². The number of rotatable bonds is 6. The van der Waals surface area contributed by atoms with E-state index in [-0.39, 0.29) is 18.9 Å². The van der Waals surface area contributed by atoms with Gasteiger partial charge in [0.2, 0.25) is 0 Å². The summed E-state index contributed by atoms with van der Waals surface area (Å²) in [5, 5.41) is 9.31. The highest BCUT2D eigenvalue weighted by Gasteiger charge is 2.19. The molecule has 2 rings (SSSR count). The summed E-state index contributed by atoms with van der Waals surface area (Å²) < 4.78 is 5.22. The third kappa shape index (κ3) is 3.24. The molecule has 0 saturated heterocycles. The number of aliphatic carboxylic acids is 1. The third-order valence-corrected chi connectivity index (χ3v) is 3.71. The zero-order chi connectivity index (χ0) is 14.5. The fourth-order valence-electron chi connectivity index (χ4n) is 1.68. The van der Waals surface area contributed by atoms with Crippen molar-refractivity contribution >= 4 is 23.2 Å². The number of carboxylic acid groups (broad SMARTS) is 1. The molecule has 1 N–H and O–H groups in total. The molecule has 2 aromatic rings. The van der Waals surface area contributed by atoms with E-state index in [9.17, 15) is 9.59 Å². The second kappa shape index (κ2) is 6.33. The molecule has 106 valence electrons. The molecular formula is C13H14N2O4S. The van der Waals surface area contributed by atoms with Gasteiger partial charge in [-0.3, -0.25) is 9.59 Å². The van der Waals surface area contributed by atoms with Gasteiger partial charge in [0.15, 0.2) is 10.8 Å². The van der Waals surface area contributed by atoms with Gasteiger partial charge in [0, 0.05) is 13.1 Å². The van der Waals surface area contributed by atoms with E-state index in [2.05, 4.69) is 4.98 Å². The largest absolute Gasteiger partial charge is 0.481 e. The van der Waals surface area contributed by atoms with Crippen LogP contribution in [-0.4, -0.2) is 40.0 Å². The van der Waals surface area contributed by atoms with Crippen LogP contribution in [0, 0.1) is 0 Å². The van der Waals surface area contributed by atoms with E-state index < -0.39 is 5.97 Å². The topological polar surface area (TPSA) is 83.6 Å². The van der Waals surface area contributed by atoms with Crippen LogP contribution in [0.3, 0.4) is 0 Å². The van der Waals surface area contributed by atoms with Gasteiger partial charge in [-0.15, -0.1) is 11.3 Å². The van der Waals surface area contributed by atoms with Gasteiger partial charge in [-0.1, -0.05) is 0 Å². The fraction of sp³-hybridized carbons (Fsp3) is 0.308. The van der Waals surface area contributed by atoms with E-state index in [4.69, 9.17) is 9.52 Å². The van der Waals surface area contributed by atoms with Gasteiger partial charge in [-0.25, -0.2) is 4.98 Å². The van der Waals surface area contributed by atoms with E-state index in [1.54, 1.807) is 18.4 Å². The quantitative estimate of drug-likeness (QED) is 0.884. The average Bonchev–Trinajstić information content (AvgIpc) is 3.09. The molecule has 0 aliphatic rings. The number of carbonyl (C=O) groups excluding carboxylic acids is 1. The third-order valence-electron chi connectivity index (χ3n) is 2.71. The maximum absolute atomic E-state index is 12.2. The lowest BCUT2D eigenvalue weighted by atomic mass is 10.3. The van der Waals surface area contributed by atoms with Gasteiger partial charge < -0.3 is 14.4 Å². The lowest BCUT2D eigenvalue weighted by Gasteiger charge is -2.18. The zero-order valence-corrected chi connectivity index (χ0v) is 11.7. The molecule has 0 aliphatic heterocycles. The predicted molar refractivity (Wildman–Crippen MR) is 73.6 cm³/mol. The Balaban J connectivity index is 2.10. The van der Waals surface area contributed by atoms with Crippen molar-refractivity contribution in [2.45, 2.75) is 13.3 Å². The second-order valence-electron chi connectivity index (χ2n) is 4.04. The predicted octanol–water partition coefficient (Wildman–Crippen LogP) is 2.34. The molecule has 20 heavy (non-hydrogen) atoms. The second-order valence-corrected chi connectivity index (χ2v) is 5.07. The first-order chi connectivity index (χ1) is 9.61. The molecule has 0 saturated carbocycles. The molecule has 0 fully saturated rings. The first-order valence-electron chi connectivity index (χ1n) is 6.12. The van der Waals surface area contributed by atoms with Crippen LogP contribution in [0.1, 0.15) is 23.0 Å². The molecule has 0 aliphatic carbocycles. The van der Waals surface area contributed by atoms with E-state index in [1.807, 2.05) is 6.92 Å². The number of hydrogen-bond donors (Lipinski definition) is 1. The normalized spacial score (nSPS) is 10.4. The van der Waals surface area contributed by atoms with Crippen molar-refractivity contribution in [3.63, 3.8) is 0 Å². The van der Waals surface area contributed by atoms with Gasteiger partial charge in [-0.05, 0) is 19.1 Å². The smallest absolute Gasteiger partial charge is 0.305 e. The number of carbonyl (C=O) groups is 2. The first-order valence-corrected chi connectivity index (χ1v) is 6.94. The van der Waals surface area contributed by atoms with Crippen molar-refractivity contribution in [3.05, 3.63) is 29.5 Å². The standard InChI is InChI=1S/C13H14N2O4S/c1-2-15(6-5-11(16)17)13(18)10-8-14-12(20-10)9-4-3-7-19-9/h3-4,7-8H,2,5-6H2,1H3,(H,16,17). The summed E-state index contributed by atoms with van der Waals surface area (Å²) in [5.41, 5.74) is 0. The molecule has 0 unspecified atom stereocenters. The fourth-order valence-corrected chi connectivity index (χ4v) is 2.53. The summed E-state index contributed by atoms with van der Waals surface area (Å²) >= 11 is 1.23. The van der Waals surface area contributed by atoms with E-state index in [0.717, 1.165) is 0 Å². The molecular weight excluding hydrogens is 280 g/mol. The van der Waals surface area contributed by atoms with Gasteiger partial charge in [-0.2, -0.15) is 0 Å². The highest BCUT2D eigenvalue weighted by atomic mass is 32.1. The SMILES string of the molecule is CCN(CCC(=O)O)C(=O)c1cnc(-c2ccco2)s1. The number of amides is 1. The van der Waals surface area contributed by atoms with Crippen LogP contribution in [0.4, 0.5) is 0 Å². The lowest BCUT2D eigenvalue weighted by Crippen LogP contribution is -2.32. The van der Waals surface area contributed by atoms with Crippen LogP contribution in [0.5, 0.6) is 0 Å². The summed E-state index contributed by atoms with van der Waals surface area (Å²) in [5.74, 6) is -0.511. The molecule has 1 amide bonds. The summed E-state index contributed by atoms with van der Waals surface area (Å²) in [6.45, 7) is 2.47. The highest BCUT2D eigenvalue weighted by Crippen LogP contribution is 2.26. The number of hydrogen-bond acceptors (Lipinski definition) is 5. The summed E-state index contributed by atoms with van der Waals surface area (Å²) in [7, 11) is 0. The van der Waals surface area contributed by atoms with Gasteiger partial charge >= 0.3 is 5.97 Å².